The third-order valence-corrected chi connectivity index (χ3v) is 9.21. The molecule has 33 heavy (non-hydrogen) atoms. The Balaban J connectivity index is 1.28. The van der Waals surface area contributed by atoms with Crippen molar-refractivity contribution in [1.82, 2.24) is 4.98 Å². The summed E-state index contributed by atoms with van der Waals surface area (Å²) < 4.78 is 0. The van der Waals surface area contributed by atoms with Crippen LogP contribution in [-0.2, 0) is 18.3 Å². The van der Waals surface area contributed by atoms with Gasteiger partial charge in [-0.3, -0.25) is 5.43 Å². The van der Waals surface area contributed by atoms with Gasteiger partial charge in [-0.2, -0.15) is 10.4 Å². The molecule has 3 aliphatic carbocycles. The van der Waals surface area contributed by atoms with Gasteiger partial charge in [-0.1, -0.05) is 31.2 Å². The van der Waals surface area contributed by atoms with E-state index >= 15 is 0 Å². The van der Waals surface area contributed by atoms with Crippen LogP contribution in [0.1, 0.15) is 58.8 Å². The lowest BCUT2D eigenvalue weighted by Crippen LogP contribution is -2.43. The average molecular weight is 455 g/mol. The molecule has 0 amide bonds. The van der Waals surface area contributed by atoms with Crippen molar-refractivity contribution >= 4 is 22.7 Å². The molecule has 1 fully saturated rings. The lowest BCUT2D eigenvalue weighted by atomic mass is 9.55. The maximum Gasteiger partial charge on any atom is 0.196 e. The number of thiazole rings is 1. The third kappa shape index (κ3) is 3.26. The molecule has 3 aromatic rings. The van der Waals surface area contributed by atoms with Gasteiger partial charge in [0.05, 0.1) is 11.4 Å². The number of phenolic OH excluding ortho intramolecular Hbond substituents is 1. The summed E-state index contributed by atoms with van der Waals surface area (Å²) in [5, 5.41) is 24.7. The number of anilines is 1. The summed E-state index contributed by atoms with van der Waals surface area (Å²) in [6, 6.07) is 17.9. The maximum atomic E-state index is 9.92. The molecular weight excluding hydrogens is 428 g/mol. The van der Waals surface area contributed by atoms with Crippen molar-refractivity contribution in [3.05, 3.63) is 75.2 Å². The zero-order valence-electron chi connectivity index (χ0n) is 18.6. The second kappa shape index (κ2) is 7.71. The molecule has 3 aliphatic rings. The number of hydrazone groups is 1. The van der Waals surface area contributed by atoms with Crippen molar-refractivity contribution in [2.24, 2.45) is 16.9 Å². The van der Waals surface area contributed by atoms with Gasteiger partial charge in [0.1, 0.15) is 11.8 Å². The molecule has 0 saturated heterocycles. The molecule has 6 rings (SSSR count). The van der Waals surface area contributed by atoms with Gasteiger partial charge in [-0.15, -0.1) is 11.3 Å². The first-order chi connectivity index (χ1) is 16.1. The van der Waals surface area contributed by atoms with E-state index in [2.05, 4.69) is 29.6 Å². The van der Waals surface area contributed by atoms with Crippen LogP contribution in [0, 0.1) is 23.2 Å². The Morgan fingerprint density at radius 3 is 2.91 bits per heavy atom. The number of phenols is 1. The van der Waals surface area contributed by atoms with E-state index in [1.165, 1.54) is 28.1 Å². The summed E-state index contributed by atoms with van der Waals surface area (Å²) >= 11 is 1.64. The molecule has 0 spiro atoms. The van der Waals surface area contributed by atoms with Crippen molar-refractivity contribution in [2.75, 3.05) is 5.43 Å². The highest BCUT2D eigenvalue weighted by Gasteiger charge is 2.54. The number of aryl methyl sites for hydroxylation is 1. The Kier molecular flexibility index (Phi) is 4.77. The van der Waals surface area contributed by atoms with Gasteiger partial charge in [0.2, 0.25) is 0 Å². The van der Waals surface area contributed by atoms with E-state index in [-0.39, 0.29) is 5.41 Å². The van der Waals surface area contributed by atoms with Crippen LogP contribution in [0.15, 0.2) is 53.6 Å². The number of nitrogens with zero attached hydrogens (tertiary/aromatic N) is 3. The lowest BCUT2D eigenvalue weighted by molar-refractivity contribution is 0.104. The molecule has 1 aromatic heterocycles. The molecule has 2 N–H and O–H groups in total. The molecule has 6 heteroatoms. The van der Waals surface area contributed by atoms with Gasteiger partial charge in [-0.05, 0) is 85.3 Å². The fourth-order valence-corrected chi connectivity index (χ4v) is 7.75. The first-order valence-electron chi connectivity index (χ1n) is 11.7. The van der Waals surface area contributed by atoms with E-state index in [1.54, 1.807) is 11.3 Å². The van der Waals surface area contributed by atoms with Crippen LogP contribution in [0.4, 0.5) is 5.69 Å². The number of fused-ring (bicyclic) bond motifs is 7. The predicted octanol–water partition coefficient (Wildman–Crippen LogP) is 5.76. The highest BCUT2D eigenvalue weighted by Crippen LogP contribution is 2.60. The molecule has 2 aromatic carbocycles. The Morgan fingerprint density at radius 1 is 1.24 bits per heavy atom. The van der Waals surface area contributed by atoms with E-state index in [9.17, 15) is 10.4 Å². The standard InChI is InChI=1S/C27H26N4OS/c1-27-12-11-20-19-10-8-18(32)13-16(19)7-9-21(20)22(27)14-24-25(27)29-26(33-24)23(15-28)31-30-17-5-3-2-4-6-17/h2-6,8,10,13,20-22,30,32H,7,9,11-12,14H2,1H3/b31-23+/t20-,21-,22+,27+/m1/s1. The summed E-state index contributed by atoms with van der Waals surface area (Å²) in [6.45, 7) is 2.39. The smallest absolute Gasteiger partial charge is 0.196 e. The Morgan fingerprint density at radius 2 is 2.09 bits per heavy atom. The minimum Gasteiger partial charge on any atom is -0.508 e. The van der Waals surface area contributed by atoms with Crippen molar-refractivity contribution < 1.29 is 5.11 Å². The van der Waals surface area contributed by atoms with Crippen molar-refractivity contribution in [3.63, 3.8) is 0 Å². The number of hydrogen-bond donors (Lipinski definition) is 2. The molecular formula is C27H26N4OS. The highest BCUT2D eigenvalue weighted by molar-refractivity contribution is 7.14. The molecule has 0 unspecified atom stereocenters. The average Bonchev–Trinajstić information content (AvgIpc) is 3.37. The maximum absolute atomic E-state index is 9.92. The van der Waals surface area contributed by atoms with E-state index in [0.717, 1.165) is 36.4 Å². The number of para-hydroxylation sites is 1. The van der Waals surface area contributed by atoms with Gasteiger partial charge in [0.25, 0.3) is 0 Å². The Bertz CT molecular complexity index is 1290. The van der Waals surface area contributed by atoms with E-state index in [0.29, 0.717) is 29.2 Å². The number of nitrogens with one attached hydrogen (secondary N) is 1. The van der Waals surface area contributed by atoms with Gasteiger partial charge in [0.15, 0.2) is 10.7 Å². The topological polar surface area (TPSA) is 81.3 Å². The quantitative estimate of drug-likeness (QED) is 0.389. The van der Waals surface area contributed by atoms with Crippen LogP contribution >= 0.6 is 11.3 Å². The monoisotopic (exact) mass is 454 g/mol. The van der Waals surface area contributed by atoms with E-state index in [1.807, 2.05) is 42.5 Å². The summed E-state index contributed by atoms with van der Waals surface area (Å²) in [5.41, 5.74) is 8.22. The fourth-order valence-electron chi connectivity index (χ4n) is 6.55. The van der Waals surface area contributed by atoms with Crippen LogP contribution in [-0.4, -0.2) is 15.8 Å². The lowest BCUT2D eigenvalue weighted by Gasteiger charge is -2.49. The highest BCUT2D eigenvalue weighted by atomic mass is 32.1. The summed E-state index contributed by atoms with van der Waals surface area (Å²) in [4.78, 5) is 6.35. The molecule has 4 atom stereocenters. The van der Waals surface area contributed by atoms with Crippen LogP contribution in [0.25, 0.3) is 0 Å². The number of benzene rings is 2. The summed E-state index contributed by atoms with van der Waals surface area (Å²) in [6.07, 6.45) is 5.52. The number of rotatable bonds is 3. The summed E-state index contributed by atoms with van der Waals surface area (Å²) in [5.74, 6) is 2.19. The van der Waals surface area contributed by atoms with Crippen molar-refractivity contribution in [1.29, 1.82) is 5.26 Å². The Hall–Kier alpha value is -3.17. The van der Waals surface area contributed by atoms with Crippen molar-refractivity contribution in [3.8, 4) is 11.8 Å². The minimum atomic E-state index is 0.0626. The van der Waals surface area contributed by atoms with Gasteiger partial charge in [-0.25, -0.2) is 4.98 Å². The van der Waals surface area contributed by atoms with Crippen molar-refractivity contribution in [2.45, 2.75) is 50.4 Å². The molecule has 1 heterocycles. The number of hydrogen-bond acceptors (Lipinski definition) is 6. The van der Waals surface area contributed by atoms with Crippen LogP contribution in [0.2, 0.25) is 0 Å². The second-order valence-electron chi connectivity index (χ2n) is 9.80. The molecule has 1 saturated carbocycles. The SMILES string of the molecule is C[C@]12CC[C@@H]3c4ccc(O)cc4CC[C@H]3[C@@H]1Cc1sc(/C(C#N)=N/Nc3ccccc3)nc12. The number of nitriles is 1. The molecule has 166 valence electrons. The normalized spacial score (nSPS) is 27.6. The molecule has 5 nitrogen and oxygen atoms in total. The van der Waals surface area contributed by atoms with Gasteiger partial charge in [0, 0.05) is 10.3 Å². The second-order valence-corrected chi connectivity index (χ2v) is 10.9. The van der Waals surface area contributed by atoms with E-state index < -0.39 is 0 Å². The van der Waals surface area contributed by atoms with E-state index in [4.69, 9.17) is 4.98 Å². The van der Waals surface area contributed by atoms with Crippen LogP contribution in [0.5, 0.6) is 5.75 Å². The third-order valence-electron chi connectivity index (χ3n) is 8.12. The van der Waals surface area contributed by atoms with Crippen LogP contribution < -0.4 is 5.43 Å². The zero-order chi connectivity index (χ0) is 22.6. The molecule has 0 bridgehead atoms. The first-order valence-corrected chi connectivity index (χ1v) is 12.5. The largest absolute Gasteiger partial charge is 0.508 e. The molecule has 0 aliphatic heterocycles. The fraction of sp³-hybridized carbons (Fsp3) is 0.370. The minimum absolute atomic E-state index is 0.0626. The Labute approximate surface area is 197 Å². The number of aromatic nitrogens is 1. The van der Waals surface area contributed by atoms with Gasteiger partial charge < -0.3 is 5.11 Å². The molecule has 0 radical (unpaired) electrons. The van der Waals surface area contributed by atoms with Gasteiger partial charge >= 0.3 is 0 Å². The first kappa shape index (κ1) is 20.4. The zero-order valence-corrected chi connectivity index (χ0v) is 19.4. The number of aromatic hydroxyl groups is 1. The summed E-state index contributed by atoms with van der Waals surface area (Å²) in [7, 11) is 0. The predicted molar refractivity (Wildman–Crippen MR) is 131 cm³/mol. The van der Waals surface area contributed by atoms with Crippen LogP contribution in [0.3, 0.4) is 0 Å².